The molecule has 0 aliphatic heterocycles. The molecule has 0 saturated carbocycles. The highest BCUT2D eigenvalue weighted by Gasteiger charge is 2.10. The molecule has 0 aliphatic carbocycles. The minimum absolute atomic E-state index is 0.415. The van der Waals surface area contributed by atoms with E-state index in [1.54, 1.807) is 36.4 Å². The Kier molecular flexibility index (Phi) is 2.81. The number of fused-ring (bicyclic) bond motifs is 3. The van der Waals surface area contributed by atoms with Crippen LogP contribution in [0.4, 0.5) is 0 Å². The van der Waals surface area contributed by atoms with Gasteiger partial charge in [-0.15, -0.1) is 0 Å². The van der Waals surface area contributed by atoms with Crippen molar-refractivity contribution in [1.82, 2.24) is 4.98 Å². The van der Waals surface area contributed by atoms with Crippen molar-refractivity contribution in [3.63, 3.8) is 0 Å². The number of nitrogens with one attached hydrogen (secondary N) is 1. The highest BCUT2D eigenvalue weighted by Crippen LogP contribution is 2.28. The fourth-order valence-corrected chi connectivity index (χ4v) is 2.38. The normalized spacial score (nSPS) is 11.1. The maximum Gasteiger partial charge on any atom is 0.252 e. The lowest BCUT2D eigenvalue weighted by molar-refractivity contribution is 0.107. The van der Waals surface area contributed by atoms with E-state index >= 15 is 0 Å². The number of H-pyrrole nitrogens is 1. The highest BCUT2D eigenvalue weighted by atomic mass is 35.5. The van der Waals surface area contributed by atoms with E-state index < -0.39 is 10.5 Å². The molecule has 0 atom stereocenters. The number of carbonyl (C=O) groups excluding carboxylic acids is 2. The quantitative estimate of drug-likeness (QED) is 0.723. The van der Waals surface area contributed by atoms with Gasteiger partial charge in [-0.2, -0.15) is 0 Å². The van der Waals surface area contributed by atoms with Gasteiger partial charge in [-0.3, -0.25) is 9.59 Å². The molecule has 3 rings (SSSR count). The number of carbonyl (C=O) groups is 2. The predicted molar refractivity (Wildman–Crippen MR) is 76.2 cm³/mol. The molecular weight excluding hydrogens is 285 g/mol. The first-order valence-corrected chi connectivity index (χ1v) is 6.27. The van der Waals surface area contributed by atoms with Gasteiger partial charge >= 0.3 is 0 Å². The van der Waals surface area contributed by atoms with Gasteiger partial charge in [0.1, 0.15) is 0 Å². The van der Waals surface area contributed by atoms with E-state index in [9.17, 15) is 9.59 Å². The molecule has 19 heavy (non-hydrogen) atoms. The molecule has 3 nitrogen and oxygen atoms in total. The van der Waals surface area contributed by atoms with Crippen molar-refractivity contribution >= 4 is 55.5 Å². The van der Waals surface area contributed by atoms with Crippen LogP contribution < -0.4 is 0 Å². The summed E-state index contributed by atoms with van der Waals surface area (Å²) in [6.07, 6.45) is 0. The Balaban J connectivity index is 2.37. The molecule has 1 aromatic heterocycles. The molecule has 0 fully saturated rings. The Morgan fingerprint density at radius 3 is 1.58 bits per heavy atom. The Bertz CT molecular complexity index is 768. The van der Waals surface area contributed by atoms with Crippen LogP contribution in [0.3, 0.4) is 0 Å². The van der Waals surface area contributed by atoms with Crippen LogP contribution >= 0.6 is 23.2 Å². The maximum absolute atomic E-state index is 11.2. The lowest BCUT2D eigenvalue weighted by Gasteiger charge is -1.96. The zero-order chi connectivity index (χ0) is 13.6. The molecule has 94 valence electrons. The Labute approximate surface area is 118 Å². The monoisotopic (exact) mass is 291 g/mol. The van der Waals surface area contributed by atoms with E-state index in [4.69, 9.17) is 23.2 Å². The summed E-state index contributed by atoms with van der Waals surface area (Å²) in [7, 11) is 0. The molecule has 0 aliphatic rings. The van der Waals surface area contributed by atoms with Crippen molar-refractivity contribution in [2.24, 2.45) is 0 Å². The molecular formula is C14H7Cl2NO2. The SMILES string of the molecule is O=C(Cl)c1ccc2[nH]c3ccc(C(=O)Cl)cc3c2c1. The molecule has 5 heteroatoms. The van der Waals surface area contributed by atoms with Crippen molar-refractivity contribution in [3.8, 4) is 0 Å². The smallest absolute Gasteiger partial charge is 0.252 e. The van der Waals surface area contributed by atoms with E-state index in [1.807, 2.05) is 0 Å². The van der Waals surface area contributed by atoms with Gasteiger partial charge in [0, 0.05) is 32.9 Å². The first-order chi connectivity index (χ1) is 9.06. The number of halogens is 2. The van der Waals surface area contributed by atoms with Crippen LogP contribution in [0.5, 0.6) is 0 Å². The largest absolute Gasteiger partial charge is 0.355 e. The first kappa shape index (κ1) is 12.2. The maximum atomic E-state index is 11.2. The molecule has 0 amide bonds. The number of rotatable bonds is 2. The first-order valence-electron chi connectivity index (χ1n) is 5.51. The highest BCUT2D eigenvalue weighted by molar-refractivity contribution is 6.68. The third-order valence-electron chi connectivity index (χ3n) is 3.05. The molecule has 1 heterocycles. The van der Waals surface area contributed by atoms with Crippen LogP contribution in [-0.4, -0.2) is 15.5 Å². The van der Waals surface area contributed by atoms with E-state index in [-0.39, 0.29) is 0 Å². The van der Waals surface area contributed by atoms with E-state index in [0.717, 1.165) is 21.8 Å². The summed E-state index contributed by atoms with van der Waals surface area (Å²) >= 11 is 11.0. The lowest BCUT2D eigenvalue weighted by Crippen LogP contribution is -1.88. The standard InChI is InChI=1S/C14H7Cl2NO2/c15-13(18)7-1-3-11-9(5-7)10-6-8(14(16)19)2-4-12(10)17-11/h1-6,17H. The van der Waals surface area contributed by atoms with E-state index in [2.05, 4.69) is 4.98 Å². The second kappa shape index (κ2) is 4.37. The van der Waals surface area contributed by atoms with Gasteiger partial charge in [-0.25, -0.2) is 0 Å². The van der Waals surface area contributed by atoms with Gasteiger partial charge < -0.3 is 4.98 Å². The van der Waals surface area contributed by atoms with Crippen molar-refractivity contribution in [1.29, 1.82) is 0 Å². The number of benzene rings is 2. The van der Waals surface area contributed by atoms with E-state index in [1.165, 1.54) is 0 Å². The van der Waals surface area contributed by atoms with Gasteiger partial charge in [-0.1, -0.05) is 0 Å². The Morgan fingerprint density at radius 1 is 0.789 bits per heavy atom. The molecule has 0 unspecified atom stereocenters. The second-order valence-electron chi connectivity index (χ2n) is 4.19. The molecule has 0 bridgehead atoms. The molecule has 0 spiro atoms. The van der Waals surface area contributed by atoms with Crippen LogP contribution in [0.25, 0.3) is 21.8 Å². The van der Waals surface area contributed by atoms with Gasteiger partial charge in [0.2, 0.25) is 0 Å². The van der Waals surface area contributed by atoms with Crippen LogP contribution in [0.1, 0.15) is 20.7 Å². The molecule has 2 aromatic carbocycles. The zero-order valence-electron chi connectivity index (χ0n) is 9.54. The van der Waals surface area contributed by atoms with Crippen LogP contribution in [0.2, 0.25) is 0 Å². The summed E-state index contributed by atoms with van der Waals surface area (Å²) in [5.74, 6) is 0. The minimum atomic E-state index is -0.513. The van der Waals surface area contributed by atoms with Crippen LogP contribution in [0.15, 0.2) is 36.4 Å². The van der Waals surface area contributed by atoms with Crippen LogP contribution in [0, 0.1) is 0 Å². The molecule has 0 saturated heterocycles. The fraction of sp³-hybridized carbons (Fsp3) is 0. The third kappa shape index (κ3) is 2.01. The van der Waals surface area contributed by atoms with Crippen LogP contribution in [-0.2, 0) is 0 Å². The zero-order valence-corrected chi connectivity index (χ0v) is 11.0. The second-order valence-corrected chi connectivity index (χ2v) is 4.88. The third-order valence-corrected chi connectivity index (χ3v) is 3.49. The number of hydrogen-bond donors (Lipinski definition) is 1. The van der Waals surface area contributed by atoms with Crippen molar-refractivity contribution in [2.45, 2.75) is 0 Å². The molecule has 3 aromatic rings. The average molecular weight is 292 g/mol. The summed E-state index contributed by atoms with van der Waals surface area (Å²) < 4.78 is 0. The summed E-state index contributed by atoms with van der Waals surface area (Å²) in [4.78, 5) is 25.6. The number of aromatic amines is 1. The van der Waals surface area contributed by atoms with Crippen molar-refractivity contribution in [3.05, 3.63) is 47.5 Å². The van der Waals surface area contributed by atoms with Crippen molar-refractivity contribution < 1.29 is 9.59 Å². The summed E-state index contributed by atoms with van der Waals surface area (Å²) in [6, 6.07) is 10.3. The summed E-state index contributed by atoms with van der Waals surface area (Å²) in [6.45, 7) is 0. The summed E-state index contributed by atoms with van der Waals surface area (Å²) in [5, 5.41) is 0.643. The van der Waals surface area contributed by atoms with Gasteiger partial charge in [0.15, 0.2) is 0 Å². The number of hydrogen-bond acceptors (Lipinski definition) is 2. The fourth-order valence-electron chi connectivity index (χ4n) is 2.14. The Hall–Kier alpha value is -1.84. The van der Waals surface area contributed by atoms with Gasteiger partial charge in [0.05, 0.1) is 0 Å². The minimum Gasteiger partial charge on any atom is -0.355 e. The van der Waals surface area contributed by atoms with E-state index in [0.29, 0.717) is 11.1 Å². The van der Waals surface area contributed by atoms with Gasteiger partial charge in [0.25, 0.3) is 10.5 Å². The molecule has 1 N–H and O–H groups in total. The number of aromatic nitrogens is 1. The van der Waals surface area contributed by atoms with Crippen molar-refractivity contribution in [2.75, 3.05) is 0 Å². The summed E-state index contributed by atoms with van der Waals surface area (Å²) in [5.41, 5.74) is 2.57. The predicted octanol–water partition coefficient (Wildman–Crippen LogP) is 4.08. The molecule has 0 radical (unpaired) electrons. The van der Waals surface area contributed by atoms with Gasteiger partial charge in [-0.05, 0) is 59.6 Å². The Morgan fingerprint density at radius 2 is 1.21 bits per heavy atom. The average Bonchev–Trinajstić information content (AvgIpc) is 2.75. The lowest BCUT2D eigenvalue weighted by atomic mass is 10.1. The topological polar surface area (TPSA) is 49.9 Å².